The Kier molecular flexibility index (Phi) is 2.44. The lowest BCUT2D eigenvalue weighted by Gasteiger charge is -2.04. The molecule has 1 unspecified atom stereocenters. The van der Waals surface area contributed by atoms with Crippen molar-refractivity contribution < 1.29 is 4.39 Å². The third kappa shape index (κ3) is 1.72. The van der Waals surface area contributed by atoms with Crippen LogP contribution < -0.4 is 5.73 Å². The monoisotopic (exact) mass is 207 g/mol. The van der Waals surface area contributed by atoms with Crippen LogP contribution in [0, 0.1) is 5.82 Å². The van der Waals surface area contributed by atoms with Gasteiger partial charge in [0.15, 0.2) is 0 Å². The number of nitrogens with two attached hydrogens (primary N) is 1. The van der Waals surface area contributed by atoms with Gasteiger partial charge in [0.25, 0.3) is 0 Å². The third-order valence-electron chi connectivity index (χ3n) is 2.44. The number of fused-ring (bicyclic) bond motifs is 1. The molecule has 2 N–H and O–H groups in total. The van der Waals surface area contributed by atoms with E-state index in [2.05, 4.69) is 4.98 Å². The van der Waals surface area contributed by atoms with E-state index in [1.807, 2.05) is 20.0 Å². The van der Waals surface area contributed by atoms with Crippen LogP contribution in [-0.4, -0.2) is 15.6 Å². The van der Waals surface area contributed by atoms with Crippen molar-refractivity contribution in [3.8, 4) is 0 Å². The van der Waals surface area contributed by atoms with Crippen molar-refractivity contribution in [2.24, 2.45) is 12.8 Å². The fraction of sp³-hybridized carbons (Fsp3) is 0.364. The molecular weight excluding hydrogens is 193 g/mol. The minimum Gasteiger partial charge on any atom is -0.329 e. The molecule has 3 nitrogen and oxygen atoms in total. The fourth-order valence-electron chi connectivity index (χ4n) is 1.74. The van der Waals surface area contributed by atoms with E-state index in [0.29, 0.717) is 17.5 Å². The second-order valence-corrected chi connectivity index (χ2v) is 3.88. The van der Waals surface area contributed by atoms with Gasteiger partial charge in [-0.05, 0) is 19.1 Å². The molecule has 80 valence electrons. The highest BCUT2D eigenvalue weighted by molar-refractivity contribution is 5.76. The van der Waals surface area contributed by atoms with Gasteiger partial charge in [-0.25, -0.2) is 9.37 Å². The maximum atomic E-state index is 13.5. The standard InChI is InChI=1S/C11H14FN3/c1-7(13)6-10-14-9-5-3-4-8(12)11(9)15(10)2/h3-5,7H,6,13H2,1-2H3. The average molecular weight is 207 g/mol. The van der Waals surface area contributed by atoms with E-state index < -0.39 is 0 Å². The van der Waals surface area contributed by atoms with Crippen LogP contribution in [0.2, 0.25) is 0 Å². The summed E-state index contributed by atoms with van der Waals surface area (Å²) in [7, 11) is 1.82. The van der Waals surface area contributed by atoms with Gasteiger partial charge in [0, 0.05) is 19.5 Å². The lowest BCUT2D eigenvalue weighted by Crippen LogP contribution is -2.20. The molecule has 4 heteroatoms. The number of aromatic nitrogens is 2. The predicted octanol–water partition coefficient (Wildman–Crippen LogP) is 1.60. The Labute approximate surface area is 87.7 Å². The highest BCUT2D eigenvalue weighted by Gasteiger charge is 2.11. The molecule has 0 amide bonds. The number of hydrogen-bond acceptors (Lipinski definition) is 2. The van der Waals surface area contributed by atoms with Crippen molar-refractivity contribution in [1.82, 2.24) is 9.55 Å². The Morgan fingerprint density at radius 1 is 1.53 bits per heavy atom. The summed E-state index contributed by atoms with van der Waals surface area (Å²) >= 11 is 0. The second kappa shape index (κ2) is 3.62. The maximum absolute atomic E-state index is 13.5. The molecule has 0 aliphatic rings. The molecule has 15 heavy (non-hydrogen) atoms. The van der Waals surface area contributed by atoms with E-state index in [1.165, 1.54) is 6.07 Å². The molecule has 2 rings (SSSR count). The largest absolute Gasteiger partial charge is 0.329 e. The SMILES string of the molecule is CC(N)Cc1nc2cccc(F)c2n1C. The number of hydrogen-bond donors (Lipinski definition) is 1. The minimum absolute atomic E-state index is 0.0311. The van der Waals surface area contributed by atoms with Gasteiger partial charge in [-0.1, -0.05) is 6.07 Å². The Balaban J connectivity index is 2.59. The molecule has 2 aromatic rings. The molecular formula is C11H14FN3. The van der Waals surface area contributed by atoms with Gasteiger partial charge < -0.3 is 10.3 Å². The van der Waals surface area contributed by atoms with Gasteiger partial charge in [0.1, 0.15) is 17.2 Å². The summed E-state index contributed by atoms with van der Waals surface area (Å²) in [5.74, 6) is 0.587. The van der Waals surface area contributed by atoms with Crippen molar-refractivity contribution in [3.05, 3.63) is 29.8 Å². The first-order valence-corrected chi connectivity index (χ1v) is 4.95. The van der Waals surface area contributed by atoms with Crippen molar-refractivity contribution in [3.63, 3.8) is 0 Å². The fourth-order valence-corrected chi connectivity index (χ4v) is 1.74. The number of nitrogens with zero attached hydrogens (tertiary/aromatic N) is 2. The smallest absolute Gasteiger partial charge is 0.149 e. The number of rotatable bonds is 2. The number of imidazole rings is 1. The summed E-state index contributed by atoms with van der Waals surface area (Å²) in [6.45, 7) is 1.91. The van der Waals surface area contributed by atoms with Crippen LogP contribution in [0.15, 0.2) is 18.2 Å². The van der Waals surface area contributed by atoms with E-state index in [-0.39, 0.29) is 11.9 Å². The Hall–Kier alpha value is -1.42. The minimum atomic E-state index is -0.238. The summed E-state index contributed by atoms with van der Waals surface area (Å²) in [5, 5.41) is 0. The van der Waals surface area contributed by atoms with E-state index in [4.69, 9.17) is 5.73 Å². The van der Waals surface area contributed by atoms with Crippen LogP contribution in [0.4, 0.5) is 4.39 Å². The molecule has 0 spiro atoms. The Morgan fingerprint density at radius 3 is 2.87 bits per heavy atom. The van der Waals surface area contributed by atoms with Crippen LogP contribution in [-0.2, 0) is 13.5 Å². The zero-order valence-electron chi connectivity index (χ0n) is 8.87. The van der Waals surface area contributed by atoms with Gasteiger partial charge in [0.2, 0.25) is 0 Å². The van der Waals surface area contributed by atoms with Gasteiger partial charge in [0.05, 0.1) is 5.52 Å². The molecule has 0 saturated carbocycles. The van der Waals surface area contributed by atoms with E-state index in [1.54, 1.807) is 10.6 Å². The molecule has 0 saturated heterocycles. The van der Waals surface area contributed by atoms with Crippen LogP contribution >= 0.6 is 0 Å². The third-order valence-corrected chi connectivity index (χ3v) is 2.44. The molecule has 1 aromatic heterocycles. The summed E-state index contributed by atoms with van der Waals surface area (Å²) in [5.41, 5.74) is 6.94. The summed E-state index contributed by atoms with van der Waals surface area (Å²) < 4.78 is 15.3. The van der Waals surface area contributed by atoms with Crippen LogP contribution in [0.5, 0.6) is 0 Å². The first-order chi connectivity index (χ1) is 7.09. The highest BCUT2D eigenvalue weighted by Crippen LogP contribution is 2.18. The van der Waals surface area contributed by atoms with Crippen LogP contribution in [0.25, 0.3) is 11.0 Å². The molecule has 1 heterocycles. The molecule has 1 aromatic carbocycles. The van der Waals surface area contributed by atoms with Crippen LogP contribution in [0.1, 0.15) is 12.7 Å². The molecule has 0 aliphatic heterocycles. The second-order valence-electron chi connectivity index (χ2n) is 3.88. The zero-order valence-corrected chi connectivity index (χ0v) is 8.87. The molecule has 1 atom stereocenters. The van der Waals surface area contributed by atoms with E-state index >= 15 is 0 Å². The highest BCUT2D eigenvalue weighted by atomic mass is 19.1. The van der Waals surface area contributed by atoms with Gasteiger partial charge >= 0.3 is 0 Å². The molecule has 0 fully saturated rings. The molecule has 0 aliphatic carbocycles. The quantitative estimate of drug-likeness (QED) is 0.813. The predicted molar refractivity (Wildman–Crippen MR) is 58.0 cm³/mol. The lowest BCUT2D eigenvalue weighted by molar-refractivity contribution is 0.625. The molecule has 0 bridgehead atoms. The van der Waals surface area contributed by atoms with Crippen molar-refractivity contribution in [2.75, 3.05) is 0 Å². The number of para-hydroxylation sites is 1. The van der Waals surface area contributed by atoms with Crippen molar-refractivity contribution in [2.45, 2.75) is 19.4 Å². The first-order valence-electron chi connectivity index (χ1n) is 4.95. The summed E-state index contributed by atoms with van der Waals surface area (Å²) in [6, 6.07) is 4.95. The topological polar surface area (TPSA) is 43.8 Å². The average Bonchev–Trinajstić information content (AvgIpc) is 2.44. The van der Waals surface area contributed by atoms with Crippen LogP contribution in [0.3, 0.4) is 0 Å². The first kappa shape index (κ1) is 10.1. The van der Waals surface area contributed by atoms with Gasteiger partial charge in [-0.2, -0.15) is 0 Å². The van der Waals surface area contributed by atoms with Gasteiger partial charge in [-0.3, -0.25) is 0 Å². The van der Waals surface area contributed by atoms with E-state index in [0.717, 1.165) is 5.82 Å². The van der Waals surface area contributed by atoms with Crippen molar-refractivity contribution >= 4 is 11.0 Å². The number of aryl methyl sites for hydroxylation is 1. The number of benzene rings is 1. The maximum Gasteiger partial charge on any atom is 0.149 e. The lowest BCUT2D eigenvalue weighted by atomic mass is 10.2. The summed E-state index contributed by atoms with van der Waals surface area (Å²) in [6.07, 6.45) is 0.657. The van der Waals surface area contributed by atoms with Crippen molar-refractivity contribution in [1.29, 1.82) is 0 Å². The Morgan fingerprint density at radius 2 is 2.27 bits per heavy atom. The van der Waals surface area contributed by atoms with Gasteiger partial charge in [-0.15, -0.1) is 0 Å². The normalized spacial score (nSPS) is 13.3. The molecule has 0 radical (unpaired) electrons. The Bertz CT molecular complexity index is 488. The number of halogens is 1. The summed E-state index contributed by atoms with van der Waals surface area (Å²) in [4.78, 5) is 4.36. The zero-order chi connectivity index (χ0) is 11.0. The van der Waals surface area contributed by atoms with E-state index in [9.17, 15) is 4.39 Å².